The van der Waals surface area contributed by atoms with E-state index in [1.807, 2.05) is 6.92 Å². The van der Waals surface area contributed by atoms with Crippen molar-refractivity contribution in [3.8, 4) is 0 Å². The fraction of sp³-hybridized carbons (Fsp3) is 0.917. The molecule has 0 aliphatic heterocycles. The fourth-order valence-electron chi connectivity index (χ4n) is 2.10. The topological polar surface area (TPSA) is 49.8 Å². The van der Waals surface area contributed by atoms with E-state index in [4.69, 9.17) is 9.84 Å². The Morgan fingerprint density at radius 2 is 2.05 bits per heavy atom. The lowest BCUT2D eigenvalue weighted by Crippen LogP contribution is -2.46. The van der Waals surface area contributed by atoms with Crippen molar-refractivity contribution in [1.82, 2.24) is 4.90 Å². The summed E-state index contributed by atoms with van der Waals surface area (Å²) in [6.07, 6.45) is -2.73. The molecule has 0 spiro atoms. The summed E-state index contributed by atoms with van der Waals surface area (Å²) in [5, 5.41) is 8.74. The molecular weight excluding hydrogens is 263 g/mol. The number of hydrogen-bond acceptors (Lipinski definition) is 3. The zero-order valence-electron chi connectivity index (χ0n) is 11.1. The predicted octanol–water partition coefficient (Wildman–Crippen LogP) is 2.00. The monoisotopic (exact) mass is 283 g/mol. The SMILES string of the molecule is COCCN(CC(C(=O)O)C(F)(F)F)C(C)C1CC1. The number of hydrogen-bond donors (Lipinski definition) is 1. The Bertz CT molecular complexity index is 305. The van der Waals surface area contributed by atoms with Gasteiger partial charge in [-0.1, -0.05) is 0 Å². The predicted molar refractivity (Wildman–Crippen MR) is 62.8 cm³/mol. The smallest absolute Gasteiger partial charge is 0.403 e. The third kappa shape index (κ3) is 4.99. The summed E-state index contributed by atoms with van der Waals surface area (Å²) >= 11 is 0. The molecule has 0 amide bonds. The van der Waals surface area contributed by atoms with Gasteiger partial charge in [0.2, 0.25) is 0 Å². The highest BCUT2D eigenvalue weighted by Gasteiger charge is 2.47. The zero-order valence-corrected chi connectivity index (χ0v) is 11.1. The van der Waals surface area contributed by atoms with Gasteiger partial charge < -0.3 is 9.84 Å². The maximum absolute atomic E-state index is 12.7. The molecule has 1 saturated carbocycles. The van der Waals surface area contributed by atoms with Gasteiger partial charge in [-0.05, 0) is 25.7 Å². The van der Waals surface area contributed by atoms with Crippen LogP contribution in [0.4, 0.5) is 13.2 Å². The molecular formula is C12H20F3NO3. The van der Waals surface area contributed by atoms with Crippen LogP contribution in [0.3, 0.4) is 0 Å². The van der Waals surface area contributed by atoms with Gasteiger partial charge >= 0.3 is 12.1 Å². The number of rotatable bonds is 8. The first-order chi connectivity index (χ1) is 8.77. The van der Waals surface area contributed by atoms with Crippen LogP contribution in [0.1, 0.15) is 19.8 Å². The van der Waals surface area contributed by atoms with Crippen molar-refractivity contribution >= 4 is 5.97 Å². The van der Waals surface area contributed by atoms with Crippen LogP contribution in [0.25, 0.3) is 0 Å². The minimum Gasteiger partial charge on any atom is -0.481 e. The van der Waals surface area contributed by atoms with Gasteiger partial charge in [-0.25, -0.2) is 0 Å². The van der Waals surface area contributed by atoms with Crippen molar-refractivity contribution in [1.29, 1.82) is 0 Å². The van der Waals surface area contributed by atoms with E-state index < -0.39 is 24.6 Å². The molecule has 0 radical (unpaired) electrons. The number of methoxy groups -OCH3 is 1. The quantitative estimate of drug-likeness (QED) is 0.740. The second-order valence-corrected chi connectivity index (χ2v) is 5.00. The molecule has 0 aromatic rings. The third-order valence-electron chi connectivity index (χ3n) is 3.57. The zero-order chi connectivity index (χ0) is 14.6. The molecule has 1 aliphatic carbocycles. The Labute approximate surface area is 110 Å². The first-order valence-corrected chi connectivity index (χ1v) is 6.30. The molecule has 1 N–H and O–H groups in total. The van der Waals surface area contributed by atoms with Crippen molar-refractivity contribution in [3.05, 3.63) is 0 Å². The molecule has 1 rings (SSSR count). The number of ether oxygens (including phenoxy) is 1. The molecule has 19 heavy (non-hydrogen) atoms. The van der Waals surface area contributed by atoms with Gasteiger partial charge in [0.25, 0.3) is 0 Å². The van der Waals surface area contributed by atoms with E-state index in [-0.39, 0.29) is 6.04 Å². The van der Waals surface area contributed by atoms with Gasteiger partial charge in [-0.2, -0.15) is 13.2 Å². The highest BCUT2D eigenvalue weighted by atomic mass is 19.4. The molecule has 2 unspecified atom stereocenters. The Hall–Kier alpha value is -0.820. The summed E-state index contributed by atoms with van der Waals surface area (Å²) in [5.74, 6) is -3.79. The van der Waals surface area contributed by atoms with Crippen LogP contribution >= 0.6 is 0 Å². The summed E-state index contributed by atoms with van der Waals surface area (Å²) < 4.78 is 43.0. The molecule has 1 aliphatic rings. The molecule has 2 atom stereocenters. The van der Waals surface area contributed by atoms with Crippen LogP contribution in [0.2, 0.25) is 0 Å². The molecule has 112 valence electrons. The van der Waals surface area contributed by atoms with Crippen molar-refractivity contribution in [2.75, 3.05) is 26.8 Å². The van der Waals surface area contributed by atoms with Gasteiger partial charge in [-0.15, -0.1) is 0 Å². The first kappa shape index (κ1) is 16.2. The number of halogens is 3. The van der Waals surface area contributed by atoms with Crippen LogP contribution in [-0.4, -0.2) is 55.0 Å². The van der Waals surface area contributed by atoms with E-state index in [0.29, 0.717) is 19.1 Å². The lowest BCUT2D eigenvalue weighted by Gasteiger charge is -2.31. The van der Waals surface area contributed by atoms with Crippen LogP contribution < -0.4 is 0 Å². The number of carbonyl (C=O) groups is 1. The van der Waals surface area contributed by atoms with Crippen LogP contribution in [-0.2, 0) is 9.53 Å². The van der Waals surface area contributed by atoms with Crippen LogP contribution in [0, 0.1) is 11.8 Å². The van der Waals surface area contributed by atoms with Crippen molar-refractivity contribution in [3.63, 3.8) is 0 Å². The maximum atomic E-state index is 12.7. The molecule has 0 heterocycles. The average Bonchev–Trinajstić information content (AvgIpc) is 3.09. The summed E-state index contributed by atoms with van der Waals surface area (Å²) in [4.78, 5) is 12.4. The Morgan fingerprint density at radius 3 is 2.42 bits per heavy atom. The fourth-order valence-corrected chi connectivity index (χ4v) is 2.10. The Morgan fingerprint density at radius 1 is 1.47 bits per heavy atom. The molecule has 0 bridgehead atoms. The van der Waals surface area contributed by atoms with Gasteiger partial charge in [-0.3, -0.25) is 9.69 Å². The minimum absolute atomic E-state index is 0.0423. The summed E-state index contributed by atoms with van der Waals surface area (Å²) in [6.45, 7) is 1.94. The summed E-state index contributed by atoms with van der Waals surface area (Å²) in [6, 6.07) is -0.0423. The Kier molecular flexibility index (Phi) is 5.61. The van der Waals surface area contributed by atoms with Gasteiger partial charge in [0.1, 0.15) is 0 Å². The maximum Gasteiger partial charge on any atom is 0.403 e. The normalized spacial score (nSPS) is 19.5. The lowest BCUT2D eigenvalue weighted by atomic mass is 10.1. The number of alkyl halides is 3. The van der Waals surface area contributed by atoms with Gasteiger partial charge in [0.05, 0.1) is 6.61 Å². The minimum atomic E-state index is -4.72. The second kappa shape index (κ2) is 6.56. The average molecular weight is 283 g/mol. The number of carboxylic acid groups (broad SMARTS) is 1. The highest BCUT2D eigenvalue weighted by Crippen LogP contribution is 2.36. The summed E-state index contributed by atoms with van der Waals surface area (Å²) in [5.41, 5.74) is 0. The number of carboxylic acids is 1. The highest BCUT2D eigenvalue weighted by molar-refractivity contribution is 5.71. The van der Waals surface area contributed by atoms with Crippen molar-refractivity contribution in [2.45, 2.75) is 32.0 Å². The van der Waals surface area contributed by atoms with Gasteiger partial charge in [0.15, 0.2) is 5.92 Å². The van der Waals surface area contributed by atoms with Crippen LogP contribution in [0.15, 0.2) is 0 Å². The molecule has 7 heteroatoms. The molecule has 0 aromatic carbocycles. The molecule has 4 nitrogen and oxygen atoms in total. The third-order valence-corrected chi connectivity index (χ3v) is 3.57. The number of aliphatic carboxylic acids is 1. The first-order valence-electron chi connectivity index (χ1n) is 6.30. The van der Waals surface area contributed by atoms with E-state index in [1.54, 1.807) is 4.90 Å². The summed E-state index contributed by atoms with van der Waals surface area (Å²) in [7, 11) is 1.47. The van der Waals surface area contributed by atoms with Gasteiger partial charge in [0, 0.05) is 26.2 Å². The van der Waals surface area contributed by atoms with Crippen molar-refractivity contribution < 1.29 is 27.8 Å². The standard InChI is InChI=1S/C12H20F3NO3/c1-8(9-3-4-9)16(5-6-19-2)7-10(11(17)18)12(13,14)15/h8-10H,3-7H2,1-2H3,(H,17,18). The Balaban J connectivity index is 2.70. The molecule has 1 fully saturated rings. The lowest BCUT2D eigenvalue weighted by molar-refractivity contribution is -0.197. The number of nitrogens with zero attached hydrogens (tertiary/aromatic N) is 1. The van der Waals surface area contributed by atoms with E-state index in [9.17, 15) is 18.0 Å². The van der Waals surface area contributed by atoms with E-state index in [2.05, 4.69) is 0 Å². The molecule has 0 saturated heterocycles. The second-order valence-electron chi connectivity index (χ2n) is 5.00. The largest absolute Gasteiger partial charge is 0.481 e. The molecule has 0 aromatic heterocycles. The van der Waals surface area contributed by atoms with Crippen LogP contribution in [0.5, 0.6) is 0 Å². The van der Waals surface area contributed by atoms with E-state index in [1.165, 1.54) is 7.11 Å². The van der Waals surface area contributed by atoms with E-state index >= 15 is 0 Å². The van der Waals surface area contributed by atoms with Crippen molar-refractivity contribution in [2.24, 2.45) is 11.8 Å². The van der Waals surface area contributed by atoms with E-state index in [0.717, 1.165) is 12.8 Å².